The molecule has 0 aliphatic carbocycles. The fourth-order valence-corrected chi connectivity index (χ4v) is 2.73. The molecule has 0 unspecified atom stereocenters. The maximum Gasteiger partial charge on any atom is 0.324 e. The maximum atomic E-state index is 12.2. The number of hydrogen-bond acceptors (Lipinski definition) is 5. The molecule has 0 radical (unpaired) electrons. The maximum absolute atomic E-state index is 12.2. The van der Waals surface area contributed by atoms with E-state index in [1.807, 2.05) is 30.3 Å². The molecule has 1 fully saturated rings. The Hall–Kier alpha value is -2.67. The van der Waals surface area contributed by atoms with Crippen LogP contribution in [-0.2, 0) is 6.42 Å². The quantitative estimate of drug-likeness (QED) is 0.894. The second-order valence-electron chi connectivity index (χ2n) is 6.18. The van der Waals surface area contributed by atoms with Gasteiger partial charge in [-0.15, -0.1) is 0 Å². The molecule has 1 aliphatic rings. The Labute approximate surface area is 148 Å². The summed E-state index contributed by atoms with van der Waals surface area (Å²) < 4.78 is 0. The van der Waals surface area contributed by atoms with E-state index in [9.17, 15) is 4.79 Å². The topological polar surface area (TPSA) is 73.4 Å². The number of carbonyl (C=O) groups is 1. The number of aromatic nitrogens is 2. The van der Waals surface area contributed by atoms with E-state index >= 15 is 0 Å². The first-order chi connectivity index (χ1) is 12.1. The Morgan fingerprint density at radius 1 is 1.08 bits per heavy atom. The van der Waals surface area contributed by atoms with Crippen LogP contribution < -0.4 is 15.5 Å². The zero-order valence-electron chi connectivity index (χ0n) is 14.7. The third-order valence-electron chi connectivity index (χ3n) is 4.34. The molecule has 0 saturated carbocycles. The standard InChI is InChI=1S/C18H24N6O/c1-3-14-4-6-15(7-5-14)21-18(25)22-16-12-17(20-13-19-16)24-10-8-23(2)9-11-24/h4-7,12-13H,3,8-11H2,1-2H3,(H2,19,20,21,22,25). The van der Waals surface area contributed by atoms with Crippen molar-refractivity contribution in [1.82, 2.24) is 14.9 Å². The molecule has 7 heteroatoms. The number of benzene rings is 1. The Kier molecular flexibility index (Phi) is 5.45. The van der Waals surface area contributed by atoms with Gasteiger partial charge in [0.25, 0.3) is 0 Å². The van der Waals surface area contributed by atoms with Crippen molar-refractivity contribution in [2.24, 2.45) is 0 Å². The summed E-state index contributed by atoms with van der Waals surface area (Å²) >= 11 is 0. The average molecular weight is 340 g/mol. The van der Waals surface area contributed by atoms with Crippen LogP contribution in [0.4, 0.5) is 22.1 Å². The van der Waals surface area contributed by atoms with Crippen molar-refractivity contribution in [3.05, 3.63) is 42.2 Å². The second kappa shape index (κ2) is 7.94. The molecule has 0 atom stereocenters. The van der Waals surface area contributed by atoms with Crippen LogP contribution in [0.5, 0.6) is 0 Å². The SMILES string of the molecule is CCc1ccc(NC(=O)Nc2cc(N3CCN(C)CC3)ncn2)cc1. The van der Waals surface area contributed by atoms with Crippen LogP contribution in [0.25, 0.3) is 0 Å². The first-order valence-electron chi connectivity index (χ1n) is 8.56. The van der Waals surface area contributed by atoms with Crippen molar-refractivity contribution < 1.29 is 4.79 Å². The van der Waals surface area contributed by atoms with Crippen molar-refractivity contribution in [3.8, 4) is 0 Å². The van der Waals surface area contributed by atoms with Crippen LogP contribution in [0, 0.1) is 0 Å². The lowest BCUT2D eigenvalue weighted by Gasteiger charge is -2.33. The number of hydrogen-bond donors (Lipinski definition) is 2. The molecule has 0 bridgehead atoms. The molecule has 2 aromatic rings. The Balaban J connectivity index is 1.60. The van der Waals surface area contributed by atoms with Gasteiger partial charge in [-0.2, -0.15) is 0 Å². The third-order valence-corrected chi connectivity index (χ3v) is 4.34. The van der Waals surface area contributed by atoms with Crippen molar-refractivity contribution in [2.45, 2.75) is 13.3 Å². The highest BCUT2D eigenvalue weighted by Gasteiger charge is 2.16. The van der Waals surface area contributed by atoms with Crippen molar-refractivity contribution in [1.29, 1.82) is 0 Å². The summed E-state index contributed by atoms with van der Waals surface area (Å²) in [4.78, 5) is 25.1. The highest BCUT2D eigenvalue weighted by atomic mass is 16.2. The van der Waals surface area contributed by atoms with Crippen LogP contribution in [0.3, 0.4) is 0 Å². The average Bonchev–Trinajstić information content (AvgIpc) is 2.63. The highest BCUT2D eigenvalue weighted by Crippen LogP contribution is 2.16. The van der Waals surface area contributed by atoms with Crippen molar-refractivity contribution >= 4 is 23.4 Å². The zero-order valence-corrected chi connectivity index (χ0v) is 14.7. The van der Waals surface area contributed by atoms with E-state index in [0.29, 0.717) is 5.82 Å². The molecule has 2 heterocycles. The number of anilines is 3. The van der Waals surface area contributed by atoms with Gasteiger partial charge in [-0.05, 0) is 31.2 Å². The van der Waals surface area contributed by atoms with Gasteiger partial charge in [-0.25, -0.2) is 14.8 Å². The summed E-state index contributed by atoms with van der Waals surface area (Å²) in [6.07, 6.45) is 2.46. The molecule has 0 spiro atoms. The van der Waals surface area contributed by atoms with E-state index in [4.69, 9.17) is 0 Å². The first-order valence-corrected chi connectivity index (χ1v) is 8.56. The second-order valence-corrected chi connectivity index (χ2v) is 6.18. The van der Waals surface area contributed by atoms with Gasteiger partial charge in [0.15, 0.2) is 0 Å². The molecule has 3 rings (SSSR count). The van der Waals surface area contributed by atoms with Gasteiger partial charge in [0.1, 0.15) is 18.0 Å². The number of amides is 2. The molecule has 25 heavy (non-hydrogen) atoms. The van der Waals surface area contributed by atoms with Crippen molar-refractivity contribution in [2.75, 3.05) is 48.8 Å². The van der Waals surface area contributed by atoms with Crippen molar-refractivity contribution in [3.63, 3.8) is 0 Å². The van der Waals surface area contributed by atoms with Gasteiger partial charge in [0.05, 0.1) is 0 Å². The fourth-order valence-electron chi connectivity index (χ4n) is 2.73. The summed E-state index contributed by atoms with van der Waals surface area (Å²) in [7, 11) is 2.11. The molecule has 7 nitrogen and oxygen atoms in total. The van der Waals surface area contributed by atoms with Gasteiger partial charge in [0.2, 0.25) is 0 Å². The lowest BCUT2D eigenvalue weighted by atomic mass is 10.1. The lowest BCUT2D eigenvalue weighted by Crippen LogP contribution is -2.44. The molecular formula is C18H24N6O. The Morgan fingerprint density at radius 3 is 2.48 bits per heavy atom. The number of likely N-dealkylation sites (N-methyl/N-ethyl adjacent to an activating group) is 1. The number of nitrogens with one attached hydrogen (secondary N) is 2. The van der Waals surface area contributed by atoms with Gasteiger partial charge < -0.3 is 15.1 Å². The largest absolute Gasteiger partial charge is 0.354 e. The molecule has 1 aromatic heterocycles. The fraction of sp³-hybridized carbons (Fsp3) is 0.389. The predicted molar refractivity (Wildman–Crippen MR) is 100 cm³/mol. The van der Waals surface area contributed by atoms with E-state index in [1.165, 1.54) is 11.9 Å². The van der Waals surface area contributed by atoms with E-state index < -0.39 is 0 Å². The van der Waals surface area contributed by atoms with E-state index in [0.717, 1.165) is 44.1 Å². The van der Waals surface area contributed by atoms with Crippen LogP contribution in [-0.4, -0.2) is 54.1 Å². The molecule has 1 aliphatic heterocycles. The minimum absolute atomic E-state index is 0.313. The summed E-state index contributed by atoms with van der Waals surface area (Å²) in [6, 6.07) is 9.30. The number of carbonyl (C=O) groups excluding carboxylic acids is 1. The predicted octanol–water partition coefficient (Wildman–Crippen LogP) is 2.43. The highest BCUT2D eigenvalue weighted by molar-refractivity contribution is 5.99. The summed E-state index contributed by atoms with van der Waals surface area (Å²) in [6.45, 7) is 5.94. The molecule has 132 valence electrons. The summed E-state index contributed by atoms with van der Waals surface area (Å²) in [5.74, 6) is 1.33. The molecular weight excluding hydrogens is 316 g/mol. The van der Waals surface area contributed by atoms with E-state index in [2.05, 4.69) is 44.4 Å². The van der Waals surface area contributed by atoms with Gasteiger partial charge in [-0.1, -0.05) is 19.1 Å². The number of piperazine rings is 1. The molecule has 2 amide bonds. The molecule has 1 saturated heterocycles. The smallest absolute Gasteiger partial charge is 0.324 e. The zero-order chi connectivity index (χ0) is 17.6. The monoisotopic (exact) mass is 340 g/mol. The molecule has 1 aromatic carbocycles. The van der Waals surface area contributed by atoms with Crippen LogP contribution in [0.15, 0.2) is 36.7 Å². The number of urea groups is 1. The Bertz CT molecular complexity index is 710. The summed E-state index contributed by atoms with van der Waals surface area (Å²) in [5.41, 5.74) is 1.99. The lowest BCUT2D eigenvalue weighted by molar-refractivity contribution is 0.262. The minimum Gasteiger partial charge on any atom is -0.354 e. The first kappa shape index (κ1) is 17.2. The molecule has 2 N–H and O–H groups in total. The normalized spacial score (nSPS) is 15.0. The van der Waals surface area contributed by atoms with E-state index in [1.54, 1.807) is 0 Å². The van der Waals surface area contributed by atoms with Gasteiger partial charge in [0, 0.05) is 37.9 Å². The van der Waals surface area contributed by atoms with Crippen LogP contribution >= 0.6 is 0 Å². The minimum atomic E-state index is -0.313. The van der Waals surface area contributed by atoms with Crippen LogP contribution in [0.1, 0.15) is 12.5 Å². The van der Waals surface area contributed by atoms with Crippen LogP contribution in [0.2, 0.25) is 0 Å². The Morgan fingerprint density at radius 2 is 1.80 bits per heavy atom. The number of nitrogens with zero attached hydrogens (tertiary/aromatic N) is 4. The third kappa shape index (κ3) is 4.67. The van der Waals surface area contributed by atoms with Gasteiger partial charge >= 0.3 is 6.03 Å². The number of aryl methyl sites for hydroxylation is 1. The van der Waals surface area contributed by atoms with E-state index in [-0.39, 0.29) is 6.03 Å². The van der Waals surface area contributed by atoms with Gasteiger partial charge in [-0.3, -0.25) is 5.32 Å². The summed E-state index contributed by atoms with van der Waals surface area (Å²) in [5, 5.41) is 5.58. The number of rotatable bonds is 4.